The van der Waals surface area contributed by atoms with Crippen LogP contribution >= 0.6 is 0 Å². The molecule has 0 bridgehead atoms. The number of benzene rings is 16. The number of rotatable bonds is 14. The summed E-state index contributed by atoms with van der Waals surface area (Å²) in [5, 5.41) is 39.0. The minimum absolute atomic E-state index is 0.602. The van der Waals surface area contributed by atoms with Gasteiger partial charge in [-0.15, -0.1) is 10.2 Å². The van der Waals surface area contributed by atoms with Gasteiger partial charge in [-0.25, -0.2) is 54.1 Å². The maximum Gasteiger partial charge on any atom is 0.164 e. The van der Waals surface area contributed by atoms with Crippen molar-refractivity contribution >= 4 is 120 Å². The van der Waals surface area contributed by atoms with E-state index < -0.39 is 0 Å². The molecule has 143 heavy (non-hydrogen) atoms. The minimum atomic E-state index is 0.602. The summed E-state index contributed by atoms with van der Waals surface area (Å²) in [4.78, 5) is 56.3. The summed E-state index contributed by atoms with van der Waals surface area (Å²) >= 11 is 0. The van der Waals surface area contributed by atoms with Crippen molar-refractivity contribution in [3.05, 3.63) is 449 Å². The fraction of sp³-hybridized carbons (Fsp3) is 0. The molecule has 12 aromatic heterocycles. The lowest BCUT2D eigenvalue weighted by molar-refractivity contribution is 0.316. The molecule has 668 valence electrons. The van der Waals surface area contributed by atoms with E-state index in [0.717, 1.165) is 233 Å². The molecule has 0 saturated heterocycles. The third kappa shape index (κ3) is 15.6. The van der Waals surface area contributed by atoms with Crippen molar-refractivity contribution < 1.29 is 9.26 Å². The van der Waals surface area contributed by atoms with Crippen LogP contribution < -0.4 is 0 Å². The monoisotopic (exact) mass is 1830 g/mol. The normalized spacial score (nSPS) is 11.5. The third-order valence-electron chi connectivity index (χ3n) is 26.1. The second kappa shape index (κ2) is 35.9. The molecule has 20 heteroatoms. The largest absolute Gasteiger partial charge is 0.255 e. The van der Waals surface area contributed by atoms with Crippen molar-refractivity contribution in [2.45, 2.75) is 0 Å². The summed E-state index contributed by atoms with van der Waals surface area (Å²) in [6, 6.07) is 147. The lowest BCUT2D eigenvalue weighted by Crippen LogP contribution is -2.00. The van der Waals surface area contributed by atoms with Gasteiger partial charge in [-0.1, -0.05) is 340 Å². The van der Waals surface area contributed by atoms with Gasteiger partial charge in [-0.05, 0) is 140 Å². The first kappa shape index (κ1) is 83.6. The van der Waals surface area contributed by atoms with E-state index >= 15 is 0 Å². The molecule has 0 aliphatic carbocycles. The van der Waals surface area contributed by atoms with Gasteiger partial charge in [0.05, 0.1) is 84.5 Å². The Balaban J connectivity index is 0.000000110. The van der Waals surface area contributed by atoms with Gasteiger partial charge < -0.3 is 0 Å². The zero-order valence-corrected chi connectivity index (χ0v) is 76.1. The molecule has 0 aliphatic rings. The van der Waals surface area contributed by atoms with Crippen molar-refractivity contribution in [2.24, 2.45) is 0 Å². The Hall–Kier alpha value is -20.0. The Kier molecular flexibility index (Phi) is 21.0. The summed E-state index contributed by atoms with van der Waals surface area (Å²) in [6.07, 6.45) is 3.56. The molecule has 0 fully saturated rings. The van der Waals surface area contributed by atoms with E-state index in [1.54, 1.807) is 17.2 Å². The number of pyridine rings is 8. The standard InChI is InChI=1S/C46H29N7.C40H24N6O.C37H21N5O/c1-5-15-31(16-6-1)41-38-29-37(42-43(40(38)36-23-13-14-24-39(36)47-41)52-53(51-42)35-21-11-4-12-22-35)30-25-27-34(28-26-30)46-49-44(32-17-7-2-8-18-32)48-45(50-46)33-19-9-3-10-20-33;1-2-10-27(11-3-1)38-31-24-30(39-40(46-47-45-39)37(31)29-12-4-5-13-32(29)44-38)26-18-16-25(17-19-26)28-22-35(33-14-6-8-20-41-33)43-36(23-28)34-15-7-9-21-42-34;1-3-9-22(10-4-1)29-19-17-24-15-16-25-18-20-31(40-35(25)34(24)38-29)27-21-28-32(37-36(27)41-43-42-37)26-13-7-8-14-30(26)39-33(28)23-11-5-2-6-12-23/h1-29H;1-24H;1-21H. The fourth-order valence-corrected chi connectivity index (χ4v) is 19.2. The molecule has 20 nitrogen and oxygen atoms in total. The molecule has 0 atom stereocenters. The summed E-state index contributed by atoms with van der Waals surface area (Å²) in [6.45, 7) is 0. The molecule has 0 amide bonds. The van der Waals surface area contributed by atoms with Crippen molar-refractivity contribution in [1.29, 1.82) is 0 Å². The van der Waals surface area contributed by atoms with E-state index in [2.05, 4.69) is 231 Å². The van der Waals surface area contributed by atoms with Crippen molar-refractivity contribution in [3.63, 3.8) is 0 Å². The second-order valence-electron chi connectivity index (χ2n) is 34.7. The van der Waals surface area contributed by atoms with E-state index in [1.165, 1.54) is 0 Å². The number of nitrogens with zero attached hydrogens (tertiary/aromatic N) is 18. The Labute approximate surface area is 815 Å². The molecule has 12 heterocycles. The van der Waals surface area contributed by atoms with E-state index in [9.17, 15) is 0 Å². The minimum Gasteiger partial charge on any atom is -0.255 e. The van der Waals surface area contributed by atoms with Crippen molar-refractivity contribution in [2.75, 3.05) is 0 Å². The van der Waals surface area contributed by atoms with Gasteiger partial charge in [0.1, 0.15) is 33.1 Å². The highest BCUT2D eigenvalue weighted by molar-refractivity contribution is 6.26. The first-order chi connectivity index (χ1) is 70.9. The molecular formula is C123H74N18O2. The highest BCUT2D eigenvalue weighted by atomic mass is 16.6. The van der Waals surface area contributed by atoms with E-state index in [-0.39, 0.29) is 0 Å². The predicted octanol–water partition coefficient (Wildman–Crippen LogP) is 29.1. The zero-order valence-electron chi connectivity index (χ0n) is 76.1. The van der Waals surface area contributed by atoms with Crippen LogP contribution in [0.2, 0.25) is 0 Å². The van der Waals surface area contributed by atoms with E-state index in [1.807, 2.05) is 237 Å². The van der Waals surface area contributed by atoms with Crippen LogP contribution in [0, 0.1) is 0 Å². The van der Waals surface area contributed by atoms with Crippen LogP contribution in [0.4, 0.5) is 0 Å². The Morgan fingerprint density at radius 2 is 0.517 bits per heavy atom. The van der Waals surface area contributed by atoms with Crippen LogP contribution in [-0.2, 0) is 0 Å². The Morgan fingerprint density at radius 1 is 0.182 bits per heavy atom. The average molecular weight is 1840 g/mol. The molecule has 28 rings (SSSR count). The van der Waals surface area contributed by atoms with Gasteiger partial charge in [-0.2, -0.15) is 4.80 Å². The summed E-state index contributed by atoms with van der Waals surface area (Å²) < 4.78 is 10.8. The molecule has 28 aromatic rings. The van der Waals surface area contributed by atoms with Crippen LogP contribution in [0.1, 0.15) is 0 Å². The van der Waals surface area contributed by atoms with Gasteiger partial charge in [0.2, 0.25) is 0 Å². The predicted molar refractivity (Wildman–Crippen MR) is 569 cm³/mol. The number of para-hydroxylation sites is 4. The highest BCUT2D eigenvalue weighted by Crippen LogP contribution is 2.47. The van der Waals surface area contributed by atoms with E-state index in [4.69, 9.17) is 64.3 Å². The number of hydrogen-bond donors (Lipinski definition) is 0. The Bertz CT molecular complexity index is 9630. The van der Waals surface area contributed by atoms with Crippen molar-refractivity contribution in [1.82, 2.24) is 90.4 Å². The van der Waals surface area contributed by atoms with Crippen molar-refractivity contribution in [3.8, 4) is 152 Å². The van der Waals surface area contributed by atoms with Crippen LogP contribution in [0.5, 0.6) is 0 Å². The lowest BCUT2D eigenvalue weighted by Gasteiger charge is -2.13. The lowest BCUT2D eigenvalue weighted by atomic mass is 9.93. The van der Waals surface area contributed by atoms with Crippen LogP contribution in [0.25, 0.3) is 272 Å². The molecule has 0 aliphatic heterocycles. The fourth-order valence-electron chi connectivity index (χ4n) is 19.2. The van der Waals surface area contributed by atoms with Gasteiger partial charge in [-0.3, -0.25) is 9.97 Å². The van der Waals surface area contributed by atoms with Crippen LogP contribution in [0.15, 0.2) is 458 Å². The van der Waals surface area contributed by atoms with Gasteiger partial charge in [0.25, 0.3) is 0 Å². The summed E-state index contributed by atoms with van der Waals surface area (Å²) in [7, 11) is 0. The van der Waals surface area contributed by atoms with Gasteiger partial charge in [0, 0.05) is 127 Å². The molecular weight excluding hydrogens is 1760 g/mol. The first-order valence-electron chi connectivity index (χ1n) is 46.9. The van der Waals surface area contributed by atoms with Gasteiger partial charge >= 0.3 is 0 Å². The molecule has 0 saturated carbocycles. The summed E-state index contributed by atoms with van der Waals surface area (Å²) in [5.41, 5.74) is 30.8. The number of aromatic nitrogens is 18. The smallest absolute Gasteiger partial charge is 0.164 e. The Morgan fingerprint density at radius 3 is 0.965 bits per heavy atom. The SMILES string of the molecule is c1ccc(-c2ccc3ccc4ccc(-c5cc6c(-c7ccccc7)nc7ccccc7c6c6nonc56)nc4c3n2)cc1.c1ccc(-c2nc(-c3ccccc3)nc(-c3ccc(-c4cc5c(-c6ccccc6)nc6ccccc6c5c5nn(-c6ccccc6)nc45)cc3)n2)cc1.c1ccc(-c2nc3ccccc3c3c2cc(-c2ccc(-c4cc(-c5ccccn5)nc(-c5ccccn5)c4)cc2)c2nonc23)cc1. The molecule has 0 radical (unpaired) electrons. The summed E-state index contributed by atoms with van der Waals surface area (Å²) in [5.74, 6) is 1.85. The zero-order chi connectivity index (χ0) is 94.6. The van der Waals surface area contributed by atoms with Gasteiger partial charge in [0.15, 0.2) is 17.5 Å². The number of hydrogen-bond acceptors (Lipinski definition) is 19. The van der Waals surface area contributed by atoms with E-state index in [0.29, 0.717) is 39.5 Å². The quantitative estimate of drug-likeness (QED) is 0.0917. The van der Waals surface area contributed by atoms with Crippen LogP contribution in [0.3, 0.4) is 0 Å². The topological polar surface area (TPSA) is 250 Å². The maximum atomic E-state index is 5.39. The molecule has 0 spiro atoms. The maximum absolute atomic E-state index is 5.39. The molecule has 16 aromatic carbocycles. The average Bonchev–Trinajstić information content (AvgIpc) is 1.65. The third-order valence-corrected chi connectivity index (χ3v) is 26.1. The molecule has 0 unspecified atom stereocenters. The first-order valence-corrected chi connectivity index (χ1v) is 46.9. The number of fused-ring (bicyclic) bond motifs is 18. The highest BCUT2D eigenvalue weighted by Gasteiger charge is 2.27. The van der Waals surface area contributed by atoms with Crippen LogP contribution in [-0.4, -0.2) is 90.4 Å². The molecule has 0 N–H and O–H groups in total. The second-order valence-corrected chi connectivity index (χ2v) is 34.7.